The van der Waals surface area contributed by atoms with Crippen molar-refractivity contribution in [3.05, 3.63) is 35.4 Å². The molecule has 1 aliphatic rings. The van der Waals surface area contributed by atoms with Crippen molar-refractivity contribution in [3.63, 3.8) is 0 Å². The largest absolute Gasteiger partial charge is 0.392 e. The van der Waals surface area contributed by atoms with Gasteiger partial charge in [-0.3, -0.25) is 4.39 Å². The van der Waals surface area contributed by atoms with Crippen LogP contribution in [0.25, 0.3) is 0 Å². The van der Waals surface area contributed by atoms with Gasteiger partial charge in [0.15, 0.2) is 0 Å². The quantitative estimate of drug-likeness (QED) is 0.842. The van der Waals surface area contributed by atoms with Crippen LogP contribution >= 0.6 is 0 Å². The van der Waals surface area contributed by atoms with Gasteiger partial charge in [0.05, 0.1) is 13.3 Å². The minimum Gasteiger partial charge on any atom is -0.392 e. The van der Waals surface area contributed by atoms with Crippen molar-refractivity contribution >= 4 is 0 Å². The average molecular weight is 236 g/mol. The molecule has 0 spiro atoms. The van der Waals surface area contributed by atoms with Gasteiger partial charge in [0.25, 0.3) is 0 Å². The van der Waals surface area contributed by atoms with Gasteiger partial charge in [-0.15, -0.1) is 0 Å². The van der Waals surface area contributed by atoms with Crippen LogP contribution in [0.2, 0.25) is 0 Å². The van der Waals surface area contributed by atoms with E-state index in [9.17, 15) is 9.50 Å². The van der Waals surface area contributed by atoms with E-state index in [0.717, 1.165) is 24.0 Å². The molecule has 0 bridgehead atoms. The van der Waals surface area contributed by atoms with Gasteiger partial charge in [0.1, 0.15) is 0 Å². The summed E-state index contributed by atoms with van der Waals surface area (Å²) in [5, 5.41) is 9.34. The van der Waals surface area contributed by atoms with Gasteiger partial charge in [0.2, 0.25) is 0 Å². The predicted octanol–water partition coefficient (Wildman–Crippen LogP) is 3.81. The van der Waals surface area contributed by atoms with E-state index in [1.54, 1.807) is 0 Å². The number of rotatable bonds is 4. The van der Waals surface area contributed by atoms with Crippen molar-refractivity contribution in [2.24, 2.45) is 5.92 Å². The van der Waals surface area contributed by atoms with Crippen molar-refractivity contribution in [2.45, 2.75) is 44.6 Å². The fourth-order valence-electron chi connectivity index (χ4n) is 3.04. The Morgan fingerprint density at radius 3 is 2.53 bits per heavy atom. The smallest absolute Gasteiger partial charge is 0.0965 e. The summed E-state index contributed by atoms with van der Waals surface area (Å²) < 4.78 is 13.4. The molecule has 1 saturated carbocycles. The van der Waals surface area contributed by atoms with Crippen molar-refractivity contribution in [3.8, 4) is 0 Å². The summed E-state index contributed by atoms with van der Waals surface area (Å²) in [4.78, 5) is 0. The van der Waals surface area contributed by atoms with Crippen LogP contribution in [0.3, 0.4) is 0 Å². The molecule has 1 aromatic rings. The van der Waals surface area contributed by atoms with E-state index >= 15 is 0 Å². The van der Waals surface area contributed by atoms with E-state index in [1.165, 1.54) is 19.3 Å². The summed E-state index contributed by atoms with van der Waals surface area (Å²) in [6.07, 6.45) is 6.00. The Balaban J connectivity index is 2.21. The van der Waals surface area contributed by atoms with E-state index in [4.69, 9.17) is 0 Å². The molecular weight excluding hydrogens is 215 g/mol. The molecule has 0 aliphatic heterocycles. The number of hydrogen-bond donors (Lipinski definition) is 1. The van der Waals surface area contributed by atoms with Crippen molar-refractivity contribution < 1.29 is 9.50 Å². The van der Waals surface area contributed by atoms with Crippen molar-refractivity contribution in [2.75, 3.05) is 6.67 Å². The highest BCUT2D eigenvalue weighted by Gasteiger charge is 2.26. The van der Waals surface area contributed by atoms with E-state index in [0.29, 0.717) is 5.92 Å². The van der Waals surface area contributed by atoms with Crippen LogP contribution in [-0.4, -0.2) is 11.8 Å². The first-order valence-electron chi connectivity index (χ1n) is 6.61. The molecule has 17 heavy (non-hydrogen) atoms. The van der Waals surface area contributed by atoms with Crippen molar-refractivity contribution in [1.82, 2.24) is 0 Å². The number of hydrogen-bond acceptors (Lipinski definition) is 1. The van der Waals surface area contributed by atoms with Gasteiger partial charge in [0, 0.05) is 5.92 Å². The first-order chi connectivity index (χ1) is 8.36. The molecule has 0 heterocycles. The number of aliphatic hydroxyl groups is 1. The summed E-state index contributed by atoms with van der Waals surface area (Å²) in [7, 11) is 0. The van der Waals surface area contributed by atoms with Gasteiger partial charge in [-0.25, -0.2) is 0 Å². The Bertz CT molecular complexity index is 345. The Kier molecular flexibility index (Phi) is 4.55. The highest BCUT2D eigenvalue weighted by molar-refractivity contribution is 5.30. The molecule has 1 atom stereocenters. The second kappa shape index (κ2) is 6.15. The molecule has 1 unspecified atom stereocenters. The molecule has 0 aromatic heterocycles. The first-order valence-corrected chi connectivity index (χ1v) is 6.61. The molecule has 94 valence electrons. The van der Waals surface area contributed by atoms with Gasteiger partial charge >= 0.3 is 0 Å². The standard InChI is InChI=1S/C15H21FO/c16-10-15(12-6-2-1-3-7-12)14-9-5-4-8-13(14)11-17/h4-5,8-9,12,15,17H,1-3,6-7,10-11H2. The number of halogens is 1. The van der Waals surface area contributed by atoms with E-state index in [1.807, 2.05) is 24.3 Å². The van der Waals surface area contributed by atoms with Crippen LogP contribution < -0.4 is 0 Å². The third-order valence-electron chi connectivity index (χ3n) is 4.01. The number of alkyl halides is 1. The lowest BCUT2D eigenvalue weighted by atomic mass is 9.76. The van der Waals surface area contributed by atoms with Gasteiger partial charge in [-0.1, -0.05) is 43.5 Å². The Morgan fingerprint density at radius 2 is 1.88 bits per heavy atom. The van der Waals surface area contributed by atoms with E-state index < -0.39 is 0 Å². The Morgan fingerprint density at radius 1 is 1.18 bits per heavy atom. The molecule has 2 rings (SSSR count). The topological polar surface area (TPSA) is 20.2 Å². The second-order valence-electron chi connectivity index (χ2n) is 5.02. The zero-order valence-corrected chi connectivity index (χ0v) is 10.2. The van der Waals surface area contributed by atoms with Crippen LogP contribution in [0.5, 0.6) is 0 Å². The fourth-order valence-corrected chi connectivity index (χ4v) is 3.04. The zero-order valence-electron chi connectivity index (χ0n) is 10.2. The molecule has 2 heteroatoms. The molecule has 1 fully saturated rings. The molecule has 0 amide bonds. The highest BCUT2D eigenvalue weighted by Crippen LogP contribution is 2.37. The lowest BCUT2D eigenvalue weighted by Crippen LogP contribution is -2.19. The van der Waals surface area contributed by atoms with Crippen LogP contribution in [0.15, 0.2) is 24.3 Å². The molecule has 0 radical (unpaired) electrons. The average Bonchev–Trinajstić information content (AvgIpc) is 2.41. The summed E-state index contributed by atoms with van der Waals surface area (Å²) >= 11 is 0. The third-order valence-corrected chi connectivity index (χ3v) is 4.01. The predicted molar refractivity (Wildman–Crippen MR) is 67.7 cm³/mol. The zero-order chi connectivity index (χ0) is 12.1. The molecule has 1 nitrogen and oxygen atoms in total. The molecular formula is C15H21FO. The molecule has 1 N–H and O–H groups in total. The van der Waals surface area contributed by atoms with Crippen molar-refractivity contribution in [1.29, 1.82) is 0 Å². The number of aliphatic hydroxyl groups excluding tert-OH is 1. The van der Waals surface area contributed by atoms with Gasteiger partial charge in [-0.2, -0.15) is 0 Å². The highest BCUT2D eigenvalue weighted by atomic mass is 19.1. The molecule has 0 saturated heterocycles. The summed E-state index contributed by atoms with van der Waals surface area (Å²) in [6, 6.07) is 7.73. The van der Waals surface area contributed by atoms with E-state index in [2.05, 4.69) is 0 Å². The summed E-state index contributed by atoms with van der Waals surface area (Å²) in [5.74, 6) is 0.445. The van der Waals surface area contributed by atoms with Gasteiger partial charge in [-0.05, 0) is 29.9 Å². The van der Waals surface area contributed by atoms with Crippen LogP contribution in [-0.2, 0) is 6.61 Å². The lowest BCUT2D eigenvalue weighted by molar-refractivity contribution is 0.252. The monoisotopic (exact) mass is 236 g/mol. The molecule has 1 aliphatic carbocycles. The maximum atomic E-state index is 13.4. The SMILES string of the molecule is OCc1ccccc1C(CF)C1CCCCC1. The molecule has 1 aromatic carbocycles. The maximum absolute atomic E-state index is 13.4. The Hall–Kier alpha value is -0.890. The van der Waals surface area contributed by atoms with E-state index in [-0.39, 0.29) is 19.2 Å². The van der Waals surface area contributed by atoms with Crippen LogP contribution in [0, 0.1) is 5.92 Å². The maximum Gasteiger partial charge on any atom is 0.0965 e. The summed E-state index contributed by atoms with van der Waals surface area (Å²) in [5.41, 5.74) is 1.91. The third kappa shape index (κ3) is 2.86. The van der Waals surface area contributed by atoms with Crippen LogP contribution in [0.1, 0.15) is 49.1 Å². The van der Waals surface area contributed by atoms with Gasteiger partial charge < -0.3 is 5.11 Å². The van der Waals surface area contributed by atoms with Crippen LogP contribution in [0.4, 0.5) is 4.39 Å². The lowest BCUT2D eigenvalue weighted by Gasteiger charge is -2.29. The summed E-state index contributed by atoms with van der Waals surface area (Å²) in [6.45, 7) is -0.291. The minimum atomic E-state index is -0.304. The minimum absolute atomic E-state index is 0.0133. The number of benzene rings is 1. The Labute approximate surface area is 103 Å². The fraction of sp³-hybridized carbons (Fsp3) is 0.600. The second-order valence-corrected chi connectivity index (χ2v) is 5.02. The first kappa shape index (κ1) is 12.6. The normalized spacial score (nSPS) is 19.2.